The van der Waals surface area contributed by atoms with Gasteiger partial charge >= 0.3 is 0 Å². The molecule has 2 N–H and O–H groups in total. The summed E-state index contributed by atoms with van der Waals surface area (Å²) >= 11 is 0. The Morgan fingerprint density at radius 1 is 1.46 bits per heavy atom. The topological polar surface area (TPSA) is 32.3 Å². The van der Waals surface area contributed by atoms with Gasteiger partial charge in [0, 0.05) is 13.1 Å². The first-order valence-corrected chi connectivity index (χ1v) is 4.31. The fraction of sp³-hybridized carbons (Fsp3) is 0.400. The number of halogens is 1. The van der Waals surface area contributed by atoms with Crippen molar-refractivity contribution in [1.82, 2.24) is 5.32 Å². The minimum Gasteiger partial charge on any atom is -0.382 e. The number of hydrogen-bond donors (Lipinski definition) is 2. The van der Waals surface area contributed by atoms with Gasteiger partial charge in [-0.1, -0.05) is 6.07 Å². The second kappa shape index (κ2) is 2.79. The molecule has 0 radical (unpaired) electrons. The largest absolute Gasteiger partial charge is 0.382 e. The number of nitrogens with one attached hydrogen (secondary N) is 1. The number of aryl methyl sites for hydroxylation is 1. The van der Waals surface area contributed by atoms with E-state index in [1.807, 2.05) is 6.92 Å². The molecule has 70 valence electrons. The Morgan fingerprint density at radius 2 is 2.15 bits per heavy atom. The summed E-state index contributed by atoms with van der Waals surface area (Å²) in [6.45, 7) is 2.90. The van der Waals surface area contributed by atoms with E-state index in [1.165, 1.54) is 12.1 Å². The molecular weight excluding hydrogens is 169 g/mol. The molecule has 1 aromatic rings. The Kier molecular flexibility index (Phi) is 1.86. The van der Waals surface area contributed by atoms with Gasteiger partial charge in [0.05, 0.1) is 0 Å². The van der Waals surface area contributed by atoms with Gasteiger partial charge in [-0.25, -0.2) is 4.39 Å². The molecule has 3 heteroatoms. The fourth-order valence-corrected chi connectivity index (χ4v) is 1.65. The van der Waals surface area contributed by atoms with Gasteiger partial charge < -0.3 is 10.4 Å². The van der Waals surface area contributed by atoms with Crippen LogP contribution in [0.3, 0.4) is 0 Å². The number of β-amino-alcohol motifs (C(OH)–C–C–N with tert-alkyl or cyclic N) is 1. The Bertz CT molecular complexity index is 334. The van der Waals surface area contributed by atoms with Crippen molar-refractivity contribution < 1.29 is 9.50 Å². The molecule has 0 atom stereocenters. The van der Waals surface area contributed by atoms with E-state index < -0.39 is 5.60 Å². The maximum Gasteiger partial charge on any atom is 0.123 e. The summed E-state index contributed by atoms with van der Waals surface area (Å²) in [6.07, 6.45) is 0. The summed E-state index contributed by atoms with van der Waals surface area (Å²) in [5.74, 6) is -0.291. The van der Waals surface area contributed by atoms with E-state index in [0.717, 1.165) is 5.56 Å². The van der Waals surface area contributed by atoms with Crippen molar-refractivity contribution in [3.8, 4) is 0 Å². The molecule has 0 aromatic heterocycles. The van der Waals surface area contributed by atoms with Crippen molar-refractivity contribution >= 4 is 0 Å². The van der Waals surface area contributed by atoms with Crippen LogP contribution in [0.5, 0.6) is 0 Å². The van der Waals surface area contributed by atoms with Gasteiger partial charge in [0.15, 0.2) is 0 Å². The highest BCUT2D eigenvalue weighted by Crippen LogP contribution is 2.28. The van der Waals surface area contributed by atoms with Crippen molar-refractivity contribution in [3.63, 3.8) is 0 Å². The standard InChI is InChI=1S/C10H12FNO/c1-7-2-3-8(11)4-9(7)10(13)5-12-6-10/h2-4,12-13H,5-6H2,1H3. The zero-order chi connectivity index (χ0) is 9.47. The van der Waals surface area contributed by atoms with E-state index >= 15 is 0 Å². The lowest BCUT2D eigenvalue weighted by Gasteiger charge is -2.39. The molecule has 1 aliphatic rings. The van der Waals surface area contributed by atoms with Crippen molar-refractivity contribution in [2.45, 2.75) is 12.5 Å². The minimum absolute atomic E-state index is 0.291. The average Bonchev–Trinajstić information content (AvgIpc) is 2.05. The van der Waals surface area contributed by atoms with Gasteiger partial charge in [-0.05, 0) is 30.2 Å². The van der Waals surface area contributed by atoms with Crippen molar-refractivity contribution in [2.24, 2.45) is 0 Å². The molecule has 1 aliphatic heterocycles. The van der Waals surface area contributed by atoms with Crippen LogP contribution in [0, 0.1) is 12.7 Å². The minimum atomic E-state index is -0.855. The maximum absolute atomic E-state index is 12.9. The van der Waals surface area contributed by atoms with Crippen LogP contribution in [0.2, 0.25) is 0 Å². The highest BCUT2D eigenvalue weighted by molar-refractivity contribution is 5.34. The summed E-state index contributed by atoms with van der Waals surface area (Å²) in [5, 5.41) is 12.9. The molecule has 2 rings (SSSR count). The number of benzene rings is 1. The molecule has 1 aromatic carbocycles. The molecule has 0 spiro atoms. The average molecular weight is 181 g/mol. The monoisotopic (exact) mass is 181 g/mol. The van der Waals surface area contributed by atoms with E-state index in [-0.39, 0.29) is 5.82 Å². The zero-order valence-corrected chi connectivity index (χ0v) is 7.47. The summed E-state index contributed by atoms with van der Waals surface area (Å²) < 4.78 is 12.9. The third-order valence-electron chi connectivity index (χ3n) is 2.54. The van der Waals surface area contributed by atoms with Gasteiger partial charge in [-0.15, -0.1) is 0 Å². The lowest BCUT2D eigenvalue weighted by Crippen LogP contribution is -2.57. The Labute approximate surface area is 76.4 Å². The van der Waals surface area contributed by atoms with E-state index in [1.54, 1.807) is 6.07 Å². The van der Waals surface area contributed by atoms with Gasteiger partial charge in [0.25, 0.3) is 0 Å². The molecule has 1 fully saturated rings. The second-order valence-electron chi connectivity index (χ2n) is 3.59. The van der Waals surface area contributed by atoms with Crippen LogP contribution in [0.15, 0.2) is 18.2 Å². The summed E-state index contributed by atoms with van der Waals surface area (Å²) in [4.78, 5) is 0. The number of aliphatic hydroxyl groups is 1. The summed E-state index contributed by atoms with van der Waals surface area (Å²) in [6, 6.07) is 4.52. The molecule has 13 heavy (non-hydrogen) atoms. The third-order valence-corrected chi connectivity index (χ3v) is 2.54. The maximum atomic E-state index is 12.9. The molecule has 2 nitrogen and oxygen atoms in total. The smallest absolute Gasteiger partial charge is 0.123 e. The van der Waals surface area contributed by atoms with Gasteiger partial charge in [-0.2, -0.15) is 0 Å². The lowest BCUT2D eigenvalue weighted by molar-refractivity contribution is -0.0154. The van der Waals surface area contributed by atoms with Crippen molar-refractivity contribution in [2.75, 3.05) is 13.1 Å². The normalized spacial score (nSPS) is 19.6. The summed E-state index contributed by atoms with van der Waals surface area (Å²) in [5.41, 5.74) is 0.781. The van der Waals surface area contributed by atoms with Crippen LogP contribution in [0.4, 0.5) is 4.39 Å². The SMILES string of the molecule is Cc1ccc(F)cc1C1(O)CNC1. The summed E-state index contributed by atoms with van der Waals surface area (Å²) in [7, 11) is 0. The molecule has 0 aliphatic carbocycles. The van der Waals surface area contributed by atoms with E-state index in [2.05, 4.69) is 5.32 Å². The van der Waals surface area contributed by atoms with Crippen LogP contribution < -0.4 is 5.32 Å². The van der Waals surface area contributed by atoms with E-state index in [4.69, 9.17) is 0 Å². The van der Waals surface area contributed by atoms with Crippen LogP contribution in [-0.2, 0) is 5.60 Å². The van der Waals surface area contributed by atoms with E-state index in [9.17, 15) is 9.50 Å². The fourth-order valence-electron chi connectivity index (χ4n) is 1.65. The molecular formula is C10H12FNO. The van der Waals surface area contributed by atoms with Gasteiger partial charge in [0.1, 0.15) is 11.4 Å². The number of rotatable bonds is 1. The molecule has 1 saturated heterocycles. The first-order chi connectivity index (χ1) is 6.12. The van der Waals surface area contributed by atoms with E-state index in [0.29, 0.717) is 18.7 Å². The van der Waals surface area contributed by atoms with Gasteiger partial charge in [-0.3, -0.25) is 0 Å². The number of hydrogen-bond acceptors (Lipinski definition) is 2. The van der Waals surface area contributed by atoms with Crippen LogP contribution >= 0.6 is 0 Å². The van der Waals surface area contributed by atoms with Crippen molar-refractivity contribution in [1.29, 1.82) is 0 Å². The molecule has 0 saturated carbocycles. The highest BCUT2D eigenvalue weighted by Gasteiger charge is 2.37. The first-order valence-electron chi connectivity index (χ1n) is 4.31. The van der Waals surface area contributed by atoms with Gasteiger partial charge in [0.2, 0.25) is 0 Å². The van der Waals surface area contributed by atoms with Crippen LogP contribution in [-0.4, -0.2) is 18.2 Å². The molecule has 0 unspecified atom stereocenters. The van der Waals surface area contributed by atoms with Crippen molar-refractivity contribution in [3.05, 3.63) is 35.1 Å². The second-order valence-corrected chi connectivity index (χ2v) is 3.59. The zero-order valence-electron chi connectivity index (χ0n) is 7.47. The first kappa shape index (κ1) is 8.66. The molecule has 0 amide bonds. The molecule has 0 bridgehead atoms. The predicted octanol–water partition coefficient (Wildman–Crippen LogP) is 0.925. The Hall–Kier alpha value is -0.930. The Morgan fingerprint density at radius 3 is 2.69 bits per heavy atom. The quantitative estimate of drug-likeness (QED) is 0.675. The highest BCUT2D eigenvalue weighted by atomic mass is 19.1. The lowest BCUT2D eigenvalue weighted by atomic mass is 9.85. The predicted molar refractivity (Wildman–Crippen MR) is 47.9 cm³/mol. The third kappa shape index (κ3) is 1.34. The molecule has 1 heterocycles. The van der Waals surface area contributed by atoms with Crippen LogP contribution in [0.25, 0.3) is 0 Å². The Balaban J connectivity index is 2.43. The van der Waals surface area contributed by atoms with Crippen LogP contribution in [0.1, 0.15) is 11.1 Å².